The van der Waals surface area contributed by atoms with Crippen LogP contribution in [0.1, 0.15) is 58.6 Å². The van der Waals surface area contributed by atoms with Crippen molar-refractivity contribution in [3.63, 3.8) is 0 Å². The fourth-order valence-corrected chi connectivity index (χ4v) is 3.32. The summed E-state index contributed by atoms with van der Waals surface area (Å²) in [6.07, 6.45) is 1.88. The Labute approximate surface area is 164 Å². The molecule has 0 aromatic heterocycles. The van der Waals surface area contributed by atoms with Crippen LogP contribution in [0.5, 0.6) is 0 Å². The quantitative estimate of drug-likeness (QED) is 0.763. The van der Waals surface area contributed by atoms with Gasteiger partial charge in [0, 0.05) is 23.5 Å². The zero-order valence-corrected chi connectivity index (χ0v) is 17.6. The number of likely N-dealkylation sites (tertiary alicyclic amines) is 1. The molecule has 1 N–H and O–H groups in total. The van der Waals surface area contributed by atoms with Gasteiger partial charge < -0.3 is 15.0 Å². The first kappa shape index (κ1) is 20.7. The van der Waals surface area contributed by atoms with E-state index in [0.29, 0.717) is 25.9 Å². The number of piperidine rings is 1. The summed E-state index contributed by atoms with van der Waals surface area (Å²) in [6.45, 7) is 8.76. The van der Waals surface area contributed by atoms with Gasteiger partial charge in [-0.2, -0.15) is 0 Å². The summed E-state index contributed by atoms with van der Waals surface area (Å²) in [5.74, 6) is 0.0155. The molecule has 0 saturated carbocycles. The first-order valence-electron chi connectivity index (χ1n) is 9.23. The van der Waals surface area contributed by atoms with E-state index in [1.165, 1.54) is 0 Å². The number of amides is 2. The number of carbonyl (C=O) groups is 2. The summed E-state index contributed by atoms with van der Waals surface area (Å²) in [5, 5.41) is 3.17. The number of ether oxygens (including phenoxy) is 1. The van der Waals surface area contributed by atoms with Gasteiger partial charge in [-0.3, -0.25) is 4.79 Å². The van der Waals surface area contributed by atoms with E-state index in [4.69, 9.17) is 4.74 Å². The van der Waals surface area contributed by atoms with E-state index < -0.39 is 5.60 Å². The second-order valence-corrected chi connectivity index (χ2v) is 8.68. The molecule has 2 rings (SSSR count). The number of rotatable bonds is 4. The van der Waals surface area contributed by atoms with Gasteiger partial charge in [0.2, 0.25) is 5.91 Å². The Balaban J connectivity index is 1.87. The van der Waals surface area contributed by atoms with Crippen molar-refractivity contribution in [1.82, 2.24) is 10.2 Å². The van der Waals surface area contributed by atoms with Crippen molar-refractivity contribution < 1.29 is 14.3 Å². The van der Waals surface area contributed by atoms with Gasteiger partial charge in [0.05, 0.1) is 6.04 Å². The van der Waals surface area contributed by atoms with Gasteiger partial charge in [-0.1, -0.05) is 35.0 Å². The van der Waals surface area contributed by atoms with Gasteiger partial charge in [-0.05, 0) is 57.7 Å². The second kappa shape index (κ2) is 8.89. The molecule has 0 aliphatic carbocycles. The summed E-state index contributed by atoms with van der Waals surface area (Å²) >= 11 is 3.44. The van der Waals surface area contributed by atoms with Crippen molar-refractivity contribution in [1.29, 1.82) is 0 Å². The molecule has 5 nitrogen and oxygen atoms in total. The van der Waals surface area contributed by atoms with Crippen LogP contribution in [-0.4, -0.2) is 35.6 Å². The molecule has 1 aliphatic heterocycles. The van der Waals surface area contributed by atoms with E-state index in [1.54, 1.807) is 4.90 Å². The average Bonchev–Trinajstić information content (AvgIpc) is 2.59. The van der Waals surface area contributed by atoms with Crippen molar-refractivity contribution in [2.24, 2.45) is 5.92 Å². The Morgan fingerprint density at radius 1 is 1.23 bits per heavy atom. The fourth-order valence-electron chi connectivity index (χ4n) is 3.06. The van der Waals surface area contributed by atoms with E-state index in [0.717, 1.165) is 16.5 Å². The van der Waals surface area contributed by atoms with Gasteiger partial charge >= 0.3 is 6.09 Å². The molecule has 144 valence electrons. The third kappa shape index (κ3) is 6.01. The molecule has 1 aromatic rings. The van der Waals surface area contributed by atoms with Gasteiger partial charge in [0.15, 0.2) is 0 Å². The molecule has 1 heterocycles. The summed E-state index contributed by atoms with van der Waals surface area (Å²) in [4.78, 5) is 26.5. The number of carbonyl (C=O) groups excluding carboxylic acids is 2. The predicted octanol–water partition coefficient (Wildman–Crippen LogP) is 4.66. The molecule has 1 unspecified atom stereocenters. The lowest BCUT2D eigenvalue weighted by Crippen LogP contribution is -2.45. The summed E-state index contributed by atoms with van der Waals surface area (Å²) < 4.78 is 6.43. The van der Waals surface area contributed by atoms with Gasteiger partial charge in [0.1, 0.15) is 5.60 Å². The lowest BCUT2D eigenvalue weighted by molar-refractivity contribution is -0.127. The SMILES string of the molecule is CCC(NC(=O)C1CCN(C(=O)OC(C)(C)C)CC1)c1ccc(Br)cc1. The third-order valence-electron chi connectivity index (χ3n) is 4.51. The van der Waals surface area contributed by atoms with Gasteiger partial charge in [0.25, 0.3) is 0 Å². The molecular weight excluding hydrogens is 396 g/mol. The van der Waals surface area contributed by atoms with Crippen LogP contribution in [-0.2, 0) is 9.53 Å². The first-order valence-corrected chi connectivity index (χ1v) is 10.0. The lowest BCUT2D eigenvalue weighted by atomic mass is 9.95. The van der Waals surface area contributed by atoms with Crippen LogP contribution in [0.3, 0.4) is 0 Å². The molecule has 1 atom stereocenters. The van der Waals surface area contributed by atoms with Crippen LogP contribution in [0.2, 0.25) is 0 Å². The van der Waals surface area contributed by atoms with Gasteiger partial charge in [-0.15, -0.1) is 0 Å². The van der Waals surface area contributed by atoms with Crippen molar-refractivity contribution in [3.05, 3.63) is 34.3 Å². The number of hydrogen-bond donors (Lipinski definition) is 1. The van der Waals surface area contributed by atoms with Crippen LogP contribution < -0.4 is 5.32 Å². The maximum Gasteiger partial charge on any atom is 0.410 e. The maximum atomic E-state index is 12.7. The highest BCUT2D eigenvalue weighted by molar-refractivity contribution is 9.10. The largest absolute Gasteiger partial charge is 0.444 e. The third-order valence-corrected chi connectivity index (χ3v) is 5.04. The Morgan fingerprint density at radius 3 is 2.31 bits per heavy atom. The second-order valence-electron chi connectivity index (χ2n) is 7.76. The molecule has 2 amide bonds. The van der Waals surface area contributed by atoms with Crippen LogP contribution in [0.15, 0.2) is 28.7 Å². The fraction of sp³-hybridized carbons (Fsp3) is 0.600. The molecule has 0 spiro atoms. The molecule has 1 aromatic carbocycles. The average molecular weight is 425 g/mol. The van der Waals surface area contributed by atoms with E-state index >= 15 is 0 Å². The predicted molar refractivity (Wildman–Crippen MR) is 106 cm³/mol. The number of halogens is 1. The Bertz CT molecular complexity index is 617. The van der Waals surface area contributed by atoms with E-state index in [-0.39, 0.29) is 24.0 Å². The minimum Gasteiger partial charge on any atom is -0.444 e. The molecule has 1 saturated heterocycles. The Kier molecular flexibility index (Phi) is 7.09. The summed E-state index contributed by atoms with van der Waals surface area (Å²) in [5.41, 5.74) is 0.611. The standard InChI is InChI=1S/C20H29BrN2O3/c1-5-17(14-6-8-16(21)9-7-14)22-18(24)15-10-12-23(13-11-15)19(25)26-20(2,3)4/h6-9,15,17H,5,10-13H2,1-4H3,(H,22,24). The van der Waals surface area contributed by atoms with Crippen LogP contribution in [0.4, 0.5) is 4.79 Å². The monoisotopic (exact) mass is 424 g/mol. The van der Waals surface area contributed by atoms with Crippen molar-refractivity contribution >= 4 is 27.9 Å². The highest BCUT2D eigenvalue weighted by Gasteiger charge is 2.30. The van der Waals surface area contributed by atoms with E-state index in [1.807, 2.05) is 45.0 Å². The topological polar surface area (TPSA) is 58.6 Å². The molecular formula is C20H29BrN2O3. The smallest absolute Gasteiger partial charge is 0.410 e. The minimum atomic E-state index is -0.496. The highest BCUT2D eigenvalue weighted by Crippen LogP contribution is 2.23. The van der Waals surface area contributed by atoms with Crippen LogP contribution in [0.25, 0.3) is 0 Å². The summed E-state index contributed by atoms with van der Waals surface area (Å²) in [7, 11) is 0. The first-order chi connectivity index (χ1) is 12.2. The van der Waals surface area contributed by atoms with Crippen molar-refractivity contribution in [2.75, 3.05) is 13.1 Å². The Morgan fingerprint density at radius 2 is 1.81 bits per heavy atom. The molecule has 0 bridgehead atoms. The molecule has 0 radical (unpaired) electrons. The number of nitrogens with one attached hydrogen (secondary N) is 1. The summed E-state index contributed by atoms with van der Waals surface area (Å²) in [6, 6.07) is 8.06. The molecule has 1 aliphatic rings. The lowest BCUT2D eigenvalue weighted by Gasteiger charge is -2.33. The molecule has 26 heavy (non-hydrogen) atoms. The van der Waals surface area contributed by atoms with Gasteiger partial charge in [-0.25, -0.2) is 4.79 Å². The molecule has 6 heteroatoms. The van der Waals surface area contributed by atoms with E-state index in [9.17, 15) is 9.59 Å². The zero-order valence-electron chi connectivity index (χ0n) is 16.0. The van der Waals surface area contributed by atoms with E-state index in [2.05, 4.69) is 28.2 Å². The van der Waals surface area contributed by atoms with Crippen LogP contribution in [0, 0.1) is 5.92 Å². The maximum absolute atomic E-state index is 12.7. The highest BCUT2D eigenvalue weighted by atomic mass is 79.9. The Hall–Kier alpha value is -1.56. The molecule has 1 fully saturated rings. The normalized spacial score (nSPS) is 16.9. The number of benzene rings is 1. The minimum absolute atomic E-state index is 0.0134. The number of nitrogens with zero attached hydrogens (tertiary/aromatic N) is 1. The van der Waals surface area contributed by atoms with Crippen molar-refractivity contribution in [2.45, 2.75) is 58.6 Å². The van der Waals surface area contributed by atoms with Crippen molar-refractivity contribution in [3.8, 4) is 0 Å². The number of hydrogen-bond acceptors (Lipinski definition) is 3. The zero-order chi connectivity index (χ0) is 19.3. The van der Waals surface area contributed by atoms with Crippen LogP contribution >= 0.6 is 15.9 Å².